The van der Waals surface area contributed by atoms with E-state index in [1.807, 2.05) is 0 Å². The van der Waals surface area contributed by atoms with E-state index < -0.39 is 0 Å². The minimum absolute atomic E-state index is 0.531. The van der Waals surface area contributed by atoms with Crippen LogP contribution < -0.4 is 9.47 Å². The van der Waals surface area contributed by atoms with E-state index in [0.29, 0.717) is 11.5 Å². The molecule has 1 rings (SSSR count). The minimum Gasteiger partial charge on any atom is -0.407 e. The monoisotopic (exact) mass is 302 g/mol. The Hall–Kier alpha value is -4.70. The summed E-state index contributed by atoms with van der Waals surface area (Å²) < 4.78 is 10.3. The smallest absolute Gasteiger partial charge is 0.140 e. The molecule has 0 amide bonds. The SMILES string of the molecule is C#CC#CC#CC#COc1ccc(OC#CC#CC#CC#C)cc1. The number of rotatable bonds is 2. The van der Waals surface area contributed by atoms with Gasteiger partial charge in [-0.25, -0.2) is 0 Å². The molecule has 1 aromatic carbocycles. The van der Waals surface area contributed by atoms with Gasteiger partial charge >= 0.3 is 0 Å². The largest absolute Gasteiger partial charge is 0.407 e. The summed E-state index contributed by atoms with van der Waals surface area (Å²) in [5.74, 6) is 29.7. The Morgan fingerprint density at radius 3 is 1.21 bits per heavy atom. The zero-order valence-corrected chi connectivity index (χ0v) is 12.3. The van der Waals surface area contributed by atoms with Crippen molar-refractivity contribution in [3.05, 3.63) is 24.3 Å². The van der Waals surface area contributed by atoms with E-state index in [1.165, 1.54) is 0 Å². The highest BCUT2D eigenvalue weighted by molar-refractivity contribution is 5.40. The Morgan fingerprint density at radius 1 is 0.500 bits per heavy atom. The molecule has 0 aromatic heterocycles. The lowest BCUT2D eigenvalue weighted by Gasteiger charge is -1.98. The summed E-state index contributed by atoms with van der Waals surface area (Å²) in [6.07, 6.45) is 14.7. The third-order valence-electron chi connectivity index (χ3n) is 1.91. The first kappa shape index (κ1) is 17.4. The molecule has 106 valence electrons. The third-order valence-corrected chi connectivity index (χ3v) is 1.91. The van der Waals surface area contributed by atoms with Crippen molar-refractivity contribution in [3.8, 4) is 108 Å². The number of benzene rings is 1. The lowest BCUT2D eigenvalue weighted by atomic mass is 10.3. The number of hydrogen-bond acceptors (Lipinski definition) is 2. The predicted molar refractivity (Wildman–Crippen MR) is 92.0 cm³/mol. The fraction of sp³-hybridized carbons (Fsp3) is 0. The lowest BCUT2D eigenvalue weighted by Crippen LogP contribution is -1.84. The van der Waals surface area contributed by atoms with Crippen LogP contribution in [0, 0.1) is 96.1 Å². The molecule has 0 N–H and O–H groups in total. The Labute approximate surface area is 141 Å². The molecule has 0 heterocycles. The van der Waals surface area contributed by atoms with Crippen molar-refractivity contribution in [2.45, 2.75) is 0 Å². The Balaban J connectivity index is 2.52. The van der Waals surface area contributed by atoms with Gasteiger partial charge in [0.1, 0.15) is 23.7 Å². The molecule has 0 aliphatic heterocycles. The van der Waals surface area contributed by atoms with Gasteiger partial charge in [-0.2, -0.15) is 0 Å². The molecule has 0 unspecified atom stereocenters. The van der Waals surface area contributed by atoms with Crippen LogP contribution in [-0.4, -0.2) is 0 Å². The summed E-state index contributed by atoms with van der Waals surface area (Å²) in [4.78, 5) is 0. The molecule has 0 aliphatic carbocycles. The van der Waals surface area contributed by atoms with Crippen LogP contribution in [0.4, 0.5) is 0 Å². The molecule has 1 aromatic rings. The lowest BCUT2D eigenvalue weighted by molar-refractivity contribution is 0.505. The highest BCUT2D eigenvalue weighted by Gasteiger charge is 1.93. The zero-order chi connectivity index (χ0) is 17.3. The molecular weight excluding hydrogens is 296 g/mol. The van der Waals surface area contributed by atoms with Crippen LogP contribution in [0.3, 0.4) is 0 Å². The zero-order valence-electron chi connectivity index (χ0n) is 12.3. The summed E-state index contributed by atoms with van der Waals surface area (Å²) in [6, 6.07) is 6.67. The van der Waals surface area contributed by atoms with Gasteiger partial charge < -0.3 is 9.47 Å². The maximum atomic E-state index is 5.15. The van der Waals surface area contributed by atoms with Gasteiger partial charge in [-0.05, 0) is 59.8 Å². The molecule has 0 fully saturated rings. The van der Waals surface area contributed by atoms with Crippen molar-refractivity contribution >= 4 is 0 Å². The molecule has 0 bridgehead atoms. The fourth-order valence-electron chi connectivity index (χ4n) is 1.06. The van der Waals surface area contributed by atoms with Gasteiger partial charge in [0, 0.05) is 35.5 Å². The van der Waals surface area contributed by atoms with Gasteiger partial charge in [0.15, 0.2) is 0 Å². The van der Waals surface area contributed by atoms with Gasteiger partial charge in [0.05, 0.1) is 0 Å². The summed E-state index contributed by atoms with van der Waals surface area (Å²) >= 11 is 0. The van der Waals surface area contributed by atoms with Gasteiger partial charge in [-0.15, -0.1) is 12.8 Å². The average Bonchev–Trinajstić information content (AvgIpc) is 2.61. The first-order chi connectivity index (χ1) is 11.9. The van der Waals surface area contributed by atoms with E-state index in [1.54, 1.807) is 24.3 Å². The number of hydrogen-bond donors (Lipinski definition) is 0. The van der Waals surface area contributed by atoms with Gasteiger partial charge in [-0.3, -0.25) is 0 Å². The molecule has 2 heteroatoms. The van der Waals surface area contributed by atoms with E-state index in [4.69, 9.17) is 22.3 Å². The minimum atomic E-state index is 0.531. The second-order valence-corrected chi connectivity index (χ2v) is 3.42. The summed E-state index contributed by atoms with van der Waals surface area (Å²) in [5, 5.41) is 0. The van der Waals surface area contributed by atoms with E-state index >= 15 is 0 Å². The van der Waals surface area contributed by atoms with Crippen molar-refractivity contribution in [2.75, 3.05) is 0 Å². The first-order valence-electron chi connectivity index (χ1n) is 6.22. The van der Waals surface area contributed by atoms with Crippen molar-refractivity contribution < 1.29 is 9.47 Å². The van der Waals surface area contributed by atoms with Crippen molar-refractivity contribution in [2.24, 2.45) is 0 Å². The van der Waals surface area contributed by atoms with Crippen LogP contribution in [0.15, 0.2) is 24.3 Å². The maximum Gasteiger partial charge on any atom is 0.140 e. The highest BCUT2D eigenvalue weighted by Crippen LogP contribution is 2.16. The van der Waals surface area contributed by atoms with Crippen LogP contribution in [-0.2, 0) is 0 Å². The molecule has 0 saturated heterocycles. The summed E-state index contributed by atoms with van der Waals surface area (Å²) in [5.41, 5.74) is 0. The standard InChI is InChI=1S/C22H6O2/c1-3-5-7-9-11-13-19-23-21-15-17-22(18-16-21)24-20-14-12-10-8-6-4-2/h1-2,15-18H. The summed E-state index contributed by atoms with van der Waals surface area (Å²) in [6.45, 7) is 0. The van der Waals surface area contributed by atoms with Gasteiger partial charge in [0.25, 0.3) is 0 Å². The Kier molecular flexibility index (Phi) is 8.73. The second-order valence-electron chi connectivity index (χ2n) is 3.42. The molecule has 0 aliphatic rings. The van der Waals surface area contributed by atoms with Crippen LogP contribution in [0.25, 0.3) is 0 Å². The van der Waals surface area contributed by atoms with Crippen LogP contribution in [0.5, 0.6) is 11.5 Å². The molecule has 2 nitrogen and oxygen atoms in total. The Bertz CT molecular complexity index is 948. The fourth-order valence-corrected chi connectivity index (χ4v) is 1.06. The molecule has 0 saturated carbocycles. The van der Waals surface area contributed by atoms with E-state index in [0.717, 1.165) is 0 Å². The summed E-state index contributed by atoms with van der Waals surface area (Å²) in [7, 11) is 0. The second kappa shape index (κ2) is 12.1. The van der Waals surface area contributed by atoms with E-state index in [-0.39, 0.29) is 0 Å². The van der Waals surface area contributed by atoms with E-state index in [9.17, 15) is 0 Å². The molecular formula is C22H6O2. The van der Waals surface area contributed by atoms with Crippen LogP contribution in [0.1, 0.15) is 0 Å². The number of terminal acetylenes is 2. The van der Waals surface area contributed by atoms with Crippen LogP contribution >= 0.6 is 0 Å². The van der Waals surface area contributed by atoms with Gasteiger partial charge in [-0.1, -0.05) is 0 Å². The average molecular weight is 302 g/mol. The molecule has 0 atom stereocenters. The van der Waals surface area contributed by atoms with Crippen molar-refractivity contribution in [1.82, 2.24) is 0 Å². The third kappa shape index (κ3) is 8.47. The quantitative estimate of drug-likeness (QED) is 0.773. The van der Waals surface area contributed by atoms with Crippen molar-refractivity contribution in [1.29, 1.82) is 0 Å². The van der Waals surface area contributed by atoms with Crippen molar-refractivity contribution in [3.63, 3.8) is 0 Å². The van der Waals surface area contributed by atoms with Crippen LogP contribution in [0.2, 0.25) is 0 Å². The highest BCUT2D eigenvalue weighted by atomic mass is 16.5. The molecule has 0 spiro atoms. The molecule has 24 heavy (non-hydrogen) atoms. The van der Waals surface area contributed by atoms with E-state index in [2.05, 4.69) is 83.3 Å². The first-order valence-corrected chi connectivity index (χ1v) is 6.22. The molecule has 0 radical (unpaired) electrons. The Morgan fingerprint density at radius 2 is 0.833 bits per heavy atom. The number of ether oxygens (including phenoxy) is 2. The maximum absolute atomic E-state index is 5.15. The predicted octanol–water partition coefficient (Wildman–Crippen LogP) is 1.65. The normalized spacial score (nSPS) is 5.92. The topological polar surface area (TPSA) is 18.5 Å². The van der Waals surface area contributed by atoms with Gasteiger partial charge in [0.2, 0.25) is 0 Å².